The minimum absolute atomic E-state index is 0. The molecule has 2 aromatic carbocycles. The molecule has 0 aliphatic carbocycles. The summed E-state index contributed by atoms with van der Waals surface area (Å²) in [6, 6.07) is 17.1. The van der Waals surface area contributed by atoms with Crippen molar-refractivity contribution in [3.63, 3.8) is 0 Å². The molecule has 0 unspecified atom stereocenters. The number of hydrogen-bond donors (Lipinski definition) is 1. The number of rotatable bonds is 5. The van der Waals surface area contributed by atoms with Crippen molar-refractivity contribution in [1.82, 2.24) is 10.2 Å². The maximum Gasteiger partial charge on any atom is 0.251 e. The highest BCUT2D eigenvalue weighted by atomic mass is 32.1. The summed E-state index contributed by atoms with van der Waals surface area (Å²) >= 11 is 0. The third-order valence-corrected chi connectivity index (χ3v) is 5.32. The highest BCUT2D eigenvalue weighted by Crippen LogP contribution is 2.28. The first-order valence-electron chi connectivity index (χ1n) is 9.48. The first kappa shape index (κ1) is 26.7. The summed E-state index contributed by atoms with van der Waals surface area (Å²) in [6.45, 7) is 0.519. The maximum atomic E-state index is 13.3. The standard InChI is InChI=1S/C22H22N2O4.CH4.2H2S/c25-18-14-28-19-11-12-24(20(18)19)22(27)17(13-15-7-3-1-4-8-15)23-21(26)16-9-5-2-6-10-16;;;/h1-10,17,19-20H,11-14H2,(H,23,26);1H4;2*1H2/t17-,19+,20+;;;/m0.../s1. The minimum atomic E-state index is -0.748. The molecule has 2 saturated heterocycles. The van der Waals surface area contributed by atoms with Crippen LogP contribution in [0, 0.1) is 0 Å². The molecule has 2 aliphatic heterocycles. The van der Waals surface area contributed by atoms with E-state index in [0.717, 1.165) is 5.56 Å². The fourth-order valence-corrected chi connectivity index (χ4v) is 3.92. The summed E-state index contributed by atoms with van der Waals surface area (Å²) in [5, 5.41) is 2.87. The van der Waals surface area contributed by atoms with Crippen molar-refractivity contribution in [3.05, 3.63) is 71.8 Å². The molecular weight excluding hydrogens is 432 g/mol. The van der Waals surface area contributed by atoms with E-state index in [-0.39, 0.29) is 64.7 Å². The second-order valence-corrected chi connectivity index (χ2v) is 7.16. The summed E-state index contributed by atoms with van der Waals surface area (Å²) < 4.78 is 5.49. The van der Waals surface area contributed by atoms with Gasteiger partial charge in [-0.1, -0.05) is 56.0 Å². The SMILES string of the molecule is C.O=C(N[C@@H](Cc1ccccc1)C(=O)N1CC[C@H]2OCC(=O)[C@H]21)c1ccccc1.S.S. The Morgan fingerprint density at radius 2 is 1.65 bits per heavy atom. The predicted molar refractivity (Wildman–Crippen MR) is 130 cm³/mol. The van der Waals surface area contributed by atoms with Gasteiger partial charge >= 0.3 is 0 Å². The summed E-state index contributed by atoms with van der Waals surface area (Å²) in [7, 11) is 0. The zero-order valence-electron chi connectivity index (χ0n) is 16.4. The van der Waals surface area contributed by atoms with E-state index in [2.05, 4.69) is 5.32 Å². The van der Waals surface area contributed by atoms with E-state index in [1.54, 1.807) is 29.2 Å². The van der Waals surface area contributed by atoms with Crippen LogP contribution in [-0.2, 0) is 20.7 Å². The van der Waals surface area contributed by atoms with Crippen LogP contribution in [0.5, 0.6) is 0 Å². The summed E-state index contributed by atoms with van der Waals surface area (Å²) in [5.74, 6) is -0.609. The number of nitrogens with zero attached hydrogens (tertiary/aromatic N) is 1. The molecule has 2 aliphatic rings. The highest BCUT2D eigenvalue weighted by Gasteiger charge is 2.48. The van der Waals surface area contributed by atoms with Gasteiger partial charge in [-0.3, -0.25) is 14.4 Å². The van der Waals surface area contributed by atoms with Crippen LogP contribution in [0.25, 0.3) is 0 Å². The van der Waals surface area contributed by atoms with Gasteiger partial charge in [-0.25, -0.2) is 0 Å². The van der Waals surface area contributed by atoms with Gasteiger partial charge < -0.3 is 15.0 Å². The second kappa shape index (κ2) is 11.9. The van der Waals surface area contributed by atoms with Gasteiger partial charge in [-0.2, -0.15) is 27.0 Å². The zero-order valence-corrected chi connectivity index (χ0v) is 18.4. The molecule has 0 radical (unpaired) electrons. The molecule has 8 heteroatoms. The van der Waals surface area contributed by atoms with Crippen molar-refractivity contribution in [2.75, 3.05) is 13.2 Å². The quantitative estimate of drug-likeness (QED) is 0.741. The number of amides is 2. The maximum absolute atomic E-state index is 13.3. The van der Waals surface area contributed by atoms with Gasteiger partial charge in [0.2, 0.25) is 5.91 Å². The lowest BCUT2D eigenvalue weighted by Gasteiger charge is -2.27. The first-order valence-corrected chi connectivity index (χ1v) is 9.48. The molecule has 2 aromatic rings. The lowest BCUT2D eigenvalue weighted by molar-refractivity contribution is -0.138. The van der Waals surface area contributed by atoms with Gasteiger partial charge in [0.1, 0.15) is 18.7 Å². The number of benzene rings is 2. The normalized spacial score (nSPS) is 19.9. The van der Waals surface area contributed by atoms with Crippen molar-refractivity contribution in [2.24, 2.45) is 0 Å². The molecule has 4 rings (SSSR count). The number of fused-ring (bicyclic) bond motifs is 1. The Bertz CT molecular complexity index is 880. The molecule has 2 heterocycles. The second-order valence-electron chi connectivity index (χ2n) is 7.16. The Morgan fingerprint density at radius 3 is 2.29 bits per heavy atom. The Morgan fingerprint density at radius 1 is 1.03 bits per heavy atom. The van der Waals surface area contributed by atoms with Gasteiger partial charge in [0.15, 0.2) is 5.78 Å². The van der Waals surface area contributed by atoms with Gasteiger partial charge in [0.25, 0.3) is 5.91 Å². The average Bonchev–Trinajstić information content (AvgIpc) is 3.31. The van der Waals surface area contributed by atoms with Crippen LogP contribution >= 0.6 is 27.0 Å². The molecule has 6 nitrogen and oxygen atoms in total. The monoisotopic (exact) mass is 462 g/mol. The van der Waals surface area contributed by atoms with Crippen molar-refractivity contribution < 1.29 is 19.1 Å². The summed E-state index contributed by atoms with van der Waals surface area (Å²) in [4.78, 5) is 39.8. The van der Waals surface area contributed by atoms with Gasteiger partial charge in [0.05, 0.1) is 6.10 Å². The van der Waals surface area contributed by atoms with E-state index in [4.69, 9.17) is 4.74 Å². The van der Waals surface area contributed by atoms with Crippen LogP contribution in [0.2, 0.25) is 0 Å². The molecule has 3 atom stereocenters. The van der Waals surface area contributed by atoms with Crippen LogP contribution in [0.3, 0.4) is 0 Å². The van der Waals surface area contributed by atoms with Crippen molar-refractivity contribution in [1.29, 1.82) is 0 Å². The molecule has 1 N–H and O–H groups in total. The van der Waals surface area contributed by atoms with Crippen LogP contribution in [0.4, 0.5) is 0 Å². The van der Waals surface area contributed by atoms with Crippen molar-refractivity contribution >= 4 is 44.6 Å². The third-order valence-electron chi connectivity index (χ3n) is 5.32. The smallest absolute Gasteiger partial charge is 0.251 e. The molecule has 31 heavy (non-hydrogen) atoms. The number of Topliss-reactive ketones (excluding diaryl/α,β-unsaturated/α-hetero) is 1. The fourth-order valence-electron chi connectivity index (χ4n) is 3.92. The Balaban J connectivity index is 0.00000160. The van der Waals surface area contributed by atoms with Crippen LogP contribution in [0.1, 0.15) is 29.8 Å². The average molecular weight is 463 g/mol. The number of ether oxygens (including phenoxy) is 1. The molecule has 0 bridgehead atoms. The van der Waals surface area contributed by atoms with Crippen LogP contribution < -0.4 is 5.32 Å². The molecule has 2 fully saturated rings. The number of likely N-dealkylation sites (tertiary alicyclic amines) is 1. The number of carbonyl (C=O) groups excluding carboxylic acids is 3. The number of nitrogens with one attached hydrogen (secondary N) is 1. The van der Waals surface area contributed by atoms with E-state index in [0.29, 0.717) is 24.9 Å². The summed E-state index contributed by atoms with van der Waals surface area (Å²) in [6.07, 6.45) is 0.784. The molecule has 0 aromatic heterocycles. The Hall–Kier alpha value is -2.29. The first-order chi connectivity index (χ1) is 13.6. The van der Waals surface area contributed by atoms with Crippen molar-refractivity contribution in [3.8, 4) is 0 Å². The van der Waals surface area contributed by atoms with Crippen molar-refractivity contribution in [2.45, 2.75) is 38.5 Å². The molecular formula is C23H30N2O4S2. The van der Waals surface area contributed by atoms with Gasteiger partial charge in [-0.15, -0.1) is 0 Å². The number of ketones is 1. The van der Waals surface area contributed by atoms with Crippen LogP contribution in [0.15, 0.2) is 60.7 Å². The topological polar surface area (TPSA) is 75.7 Å². The molecule has 0 spiro atoms. The minimum Gasteiger partial charge on any atom is -0.368 e. The predicted octanol–water partition coefficient (Wildman–Crippen LogP) is 2.46. The van der Waals surface area contributed by atoms with E-state index in [9.17, 15) is 14.4 Å². The Kier molecular flexibility index (Phi) is 10.3. The van der Waals surface area contributed by atoms with E-state index >= 15 is 0 Å². The van der Waals surface area contributed by atoms with E-state index in [1.165, 1.54) is 0 Å². The van der Waals surface area contributed by atoms with E-state index in [1.807, 2.05) is 36.4 Å². The zero-order chi connectivity index (χ0) is 19.5. The molecule has 0 saturated carbocycles. The van der Waals surface area contributed by atoms with Gasteiger partial charge in [0, 0.05) is 18.5 Å². The molecule has 168 valence electrons. The van der Waals surface area contributed by atoms with E-state index < -0.39 is 12.1 Å². The van der Waals surface area contributed by atoms with Crippen LogP contribution in [-0.4, -0.2) is 53.8 Å². The Labute approximate surface area is 197 Å². The summed E-state index contributed by atoms with van der Waals surface area (Å²) in [5.41, 5.74) is 1.44. The fraction of sp³-hybridized carbons (Fsp3) is 0.348. The number of carbonyl (C=O) groups is 3. The lowest BCUT2D eigenvalue weighted by atomic mass is 10.0. The molecule has 2 amide bonds. The third kappa shape index (κ3) is 5.90. The largest absolute Gasteiger partial charge is 0.368 e. The van der Waals surface area contributed by atoms with Gasteiger partial charge in [-0.05, 0) is 24.1 Å². The highest BCUT2D eigenvalue weighted by molar-refractivity contribution is 7.59. The number of hydrogen-bond acceptors (Lipinski definition) is 4. The lowest BCUT2D eigenvalue weighted by Crippen LogP contribution is -2.53.